The van der Waals surface area contributed by atoms with E-state index in [-0.39, 0.29) is 11.8 Å². The largest absolute Gasteiger partial charge is 0.419 e. The van der Waals surface area contributed by atoms with Gasteiger partial charge in [-0.1, -0.05) is 17.7 Å². The van der Waals surface area contributed by atoms with Gasteiger partial charge in [-0.05, 0) is 38.3 Å². The van der Waals surface area contributed by atoms with E-state index in [4.69, 9.17) is 0 Å². The number of nitrogens with zero attached hydrogens (tertiary/aromatic N) is 2. The van der Waals surface area contributed by atoms with Crippen molar-refractivity contribution in [3.8, 4) is 0 Å². The van der Waals surface area contributed by atoms with E-state index >= 15 is 0 Å². The van der Waals surface area contributed by atoms with Crippen LogP contribution in [0.4, 0.5) is 0 Å². The van der Waals surface area contributed by atoms with Gasteiger partial charge in [0.1, 0.15) is 6.72 Å². The van der Waals surface area contributed by atoms with Crippen LogP contribution in [-0.4, -0.2) is 47.6 Å². The molecule has 2 rings (SSSR count). The minimum Gasteiger partial charge on any atom is -0.342 e. The topological polar surface area (TPSA) is 40.4 Å². The molecule has 1 aromatic rings. The number of benzene rings is 1. The summed E-state index contributed by atoms with van der Waals surface area (Å²) in [5, 5.41) is 0. The lowest BCUT2D eigenvalue weighted by Gasteiger charge is -2.13. The zero-order chi connectivity index (χ0) is 15.4. The van der Waals surface area contributed by atoms with Crippen LogP contribution >= 0.6 is 0 Å². The quantitative estimate of drug-likeness (QED) is 0.629. The van der Waals surface area contributed by atoms with Crippen LogP contribution in [0.2, 0.25) is 0 Å². The zero-order valence-corrected chi connectivity index (χ0v) is 12.9. The Balaban J connectivity index is 1.93. The summed E-state index contributed by atoms with van der Waals surface area (Å²) in [5.41, 5.74) is 2.73. The number of hydrogen-bond acceptors (Lipinski definition) is 2. The molecule has 1 fully saturated rings. The molecule has 0 radical (unpaired) electrons. The highest BCUT2D eigenvalue weighted by Crippen LogP contribution is 2.12. The van der Waals surface area contributed by atoms with Gasteiger partial charge in [-0.15, -0.1) is 0 Å². The number of aryl methyl sites for hydroxylation is 2. The summed E-state index contributed by atoms with van der Waals surface area (Å²) in [5.74, 6) is -0.00343. The third-order valence-electron chi connectivity index (χ3n) is 3.95. The highest BCUT2D eigenvalue weighted by molar-refractivity contribution is 5.90. The first kappa shape index (κ1) is 15.4. The average Bonchev–Trinajstić information content (AvgIpc) is 2.98. The summed E-state index contributed by atoms with van der Waals surface area (Å²) in [6.07, 6.45) is 2.52. The fourth-order valence-electron chi connectivity index (χ4n) is 2.68. The molecule has 4 heteroatoms. The van der Waals surface area contributed by atoms with E-state index < -0.39 is 0 Å². The van der Waals surface area contributed by atoms with Crippen LogP contribution in [0, 0.1) is 13.8 Å². The molecule has 0 aliphatic carbocycles. The maximum absolute atomic E-state index is 12.3. The molecule has 21 heavy (non-hydrogen) atoms. The number of rotatable bonds is 4. The van der Waals surface area contributed by atoms with Crippen molar-refractivity contribution in [1.29, 1.82) is 0 Å². The van der Waals surface area contributed by atoms with Crippen molar-refractivity contribution in [3.63, 3.8) is 0 Å². The van der Waals surface area contributed by atoms with Gasteiger partial charge >= 0.3 is 5.91 Å². The van der Waals surface area contributed by atoms with Gasteiger partial charge in [0, 0.05) is 13.1 Å². The summed E-state index contributed by atoms with van der Waals surface area (Å²) in [4.78, 5) is 26.2. The molecule has 0 atom stereocenters. The first-order valence-electron chi connectivity index (χ1n) is 7.46. The maximum atomic E-state index is 12.3. The molecule has 0 bridgehead atoms. The van der Waals surface area contributed by atoms with Gasteiger partial charge in [0.15, 0.2) is 6.54 Å². The van der Waals surface area contributed by atoms with Gasteiger partial charge in [0.25, 0.3) is 0 Å². The number of hydrogen-bond donors (Lipinski definition) is 0. The van der Waals surface area contributed by atoms with Crippen molar-refractivity contribution in [2.75, 3.05) is 19.6 Å². The van der Waals surface area contributed by atoms with Gasteiger partial charge in [-0.25, -0.2) is 4.79 Å². The third-order valence-corrected chi connectivity index (χ3v) is 3.95. The summed E-state index contributed by atoms with van der Waals surface area (Å²) >= 11 is 0. The van der Waals surface area contributed by atoms with Gasteiger partial charge in [-0.2, -0.15) is 4.58 Å². The van der Waals surface area contributed by atoms with Crippen molar-refractivity contribution < 1.29 is 14.2 Å². The van der Waals surface area contributed by atoms with Crippen molar-refractivity contribution in [2.24, 2.45) is 0 Å². The second-order valence-corrected chi connectivity index (χ2v) is 5.72. The van der Waals surface area contributed by atoms with E-state index in [1.165, 1.54) is 4.58 Å². The minimum atomic E-state index is -0.123. The van der Waals surface area contributed by atoms with Crippen LogP contribution in [-0.2, 0) is 4.79 Å². The zero-order valence-electron chi connectivity index (χ0n) is 12.9. The van der Waals surface area contributed by atoms with Crippen LogP contribution in [0.25, 0.3) is 0 Å². The van der Waals surface area contributed by atoms with Gasteiger partial charge in [-0.3, -0.25) is 4.79 Å². The lowest BCUT2D eigenvalue weighted by Crippen LogP contribution is -2.31. The number of likely N-dealkylation sites (tertiary alicyclic amines) is 1. The predicted molar refractivity (Wildman–Crippen MR) is 82.9 cm³/mol. The summed E-state index contributed by atoms with van der Waals surface area (Å²) in [6, 6.07) is 5.73. The Labute approximate surface area is 126 Å². The fraction of sp³-hybridized carbons (Fsp3) is 0.471. The Kier molecular flexibility index (Phi) is 4.89. The van der Waals surface area contributed by atoms with Crippen molar-refractivity contribution in [2.45, 2.75) is 33.1 Å². The van der Waals surface area contributed by atoms with Gasteiger partial charge < -0.3 is 4.90 Å². The number of carbonyl (C=O) groups is 2. The molecule has 1 heterocycles. The fourth-order valence-corrected chi connectivity index (χ4v) is 2.68. The summed E-state index contributed by atoms with van der Waals surface area (Å²) < 4.78 is 1.39. The molecule has 0 spiro atoms. The standard InChI is InChI=1S/C17H23N2O2/c1-13-6-7-15(14(2)12-13)17(21)18(3)11-8-16(20)19-9-4-5-10-19/h6-7,12H,3-5,8-11H2,1-2H3/q+1. The van der Waals surface area contributed by atoms with Crippen LogP contribution in [0.5, 0.6) is 0 Å². The molecule has 0 N–H and O–H groups in total. The Morgan fingerprint density at radius 2 is 1.90 bits per heavy atom. The second kappa shape index (κ2) is 6.66. The van der Waals surface area contributed by atoms with Crippen LogP contribution in [0.15, 0.2) is 18.2 Å². The molecule has 2 amide bonds. The molecule has 1 saturated heterocycles. The first-order valence-corrected chi connectivity index (χ1v) is 7.46. The average molecular weight is 287 g/mol. The molecule has 4 nitrogen and oxygen atoms in total. The van der Waals surface area contributed by atoms with E-state index in [1.54, 1.807) is 0 Å². The smallest absolute Gasteiger partial charge is 0.342 e. The summed E-state index contributed by atoms with van der Waals surface area (Å²) in [6.45, 7) is 9.77. The monoisotopic (exact) mass is 287 g/mol. The first-order chi connectivity index (χ1) is 9.99. The Morgan fingerprint density at radius 1 is 1.24 bits per heavy atom. The van der Waals surface area contributed by atoms with E-state index in [2.05, 4.69) is 6.72 Å². The molecule has 1 aromatic carbocycles. The Bertz CT molecular complexity index is 572. The highest BCUT2D eigenvalue weighted by atomic mass is 16.2. The van der Waals surface area contributed by atoms with Gasteiger partial charge in [0.05, 0.1) is 12.0 Å². The molecule has 1 aliphatic rings. The van der Waals surface area contributed by atoms with E-state index in [9.17, 15) is 9.59 Å². The van der Waals surface area contributed by atoms with Crippen LogP contribution in [0.3, 0.4) is 0 Å². The van der Waals surface area contributed by atoms with Crippen LogP contribution < -0.4 is 0 Å². The predicted octanol–water partition coefficient (Wildman–Crippen LogP) is 2.17. The maximum Gasteiger partial charge on any atom is 0.419 e. The second-order valence-electron chi connectivity index (χ2n) is 5.72. The van der Waals surface area contributed by atoms with E-state index in [1.807, 2.05) is 36.9 Å². The molecule has 0 aromatic heterocycles. The van der Waals surface area contributed by atoms with Crippen molar-refractivity contribution in [1.82, 2.24) is 4.90 Å². The summed E-state index contributed by atoms with van der Waals surface area (Å²) in [7, 11) is 0. The normalized spacial score (nSPS) is 14.3. The van der Waals surface area contributed by atoms with Crippen molar-refractivity contribution in [3.05, 3.63) is 34.9 Å². The Hall–Kier alpha value is -1.97. The third kappa shape index (κ3) is 3.78. The van der Waals surface area contributed by atoms with Crippen molar-refractivity contribution >= 4 is 18.5 Å². The lowest BCUT2D eigenvalue weighted by atomic mass is 10.1. The van der Waals surface area contributed by atoms with Crippen LogP contribution in [0.1, 0.15) is 40.7 Å². The molecular formula is C17H23N2O2+. The molecule has 0 unspecified atom stereocenters. The molecule has 0 saturated carbocycles. The Morgan fingerprint density at radius 3 is 2.52 bits per heavy atom. The number of amides is 2. The molecule has 1 aliphatic heterocycles. The van der Waals surface area contributed by atoms with E-state index in [0.717, 1.165) is 37.1 Å². The number of carbonyl (C=O) groups excluding carboxylic acids is 2. The van der Waals surface area contributed by atoms with E-state index in [0.29, 0.717) is 18.5 Å². The lowest BCUT2D eigenvalue weighted by molar-refractivity contribution is -0.418. The molecular weight excluding hydrogens is 264 g/mol. The molecule has 112 valence electrons. The van der Waals surface area contributed by atoms with Gasteiger partial charge in [0.2, 0.25) is 5.91 Å². The SMILES string of the molecule is C=[N+](CCC(=O)N1CCCC1)C(=O)c1ccc(C)cc1C. The minimum absolute atomic E-state index is 0.120. The highest BCUT2D eigenvalue weighted by Gasteiger charge is 2.23.